The van der Waals surface area contributed by atoms with Gasteiger partial charge in [0.2, 0.25) is 0 Å². The molecule has 0 aliphatic carbocycles. The maximum Gasteiger partial charge on any atom is 0.136 e. The Morgan fingerprint density at radius 3 is 2.08 bits per heavy atom. The Balaban J connectivity index is 0.00000205. The van der Waals surface area contributed by atoms with Crippen LogP contribution in [0.1, 0.15) is 66.6 Å². The number of ether oxygens (including phenoxy) is 1. The summed E-state index contributed by atoms with van der Waals surface area (Å²) in [6, 6.07) is 46.2. The minimum absolute atomic E-state index is 0.0668. The molecule has 0 saturated carbocycles. The number of allylic oxidation sites excluding steroid dienone is 3. The van der Waals surface area contributed by atoms with Crippen molar-refractivity contribution in [3.63, 3.8) is 0 Å². The van der Waals surface area contributed by atoms with Crippen LogP contribution in [0.15, 0.2) is 170 Å². The molecule has 244 valence electrons. The Bertz CT molecular complexity index is 2030. The van der Waals surface area contributed by atoms with E-state index in [0.29, 0.717) is 0 Å². The zero-order valence-electron chi connectivity index (χ0n) is 28.7. The van der Waals surface area contributed by atoms with E-state index in [0.717, 1.165) is 74.9 Å². The van der Waals surface area contributed by atoms with Crippen molar-refractivity contribution >= 4 is 23.0 Å². The Morgan fingerprint density at radius 1 is 0.755 bits per heavy atom. The molecule has 49 heavy (non-hydrogen) atoms. The molecule has 0 spiro atoms. The van der Waals surface area contributed by atoms with Crippen LogP contribution in [-0.2, 0) is 6.42 Å². The zero-order valence-corrected chi connectivity index (χ0v) is 28.7. The number of fused-ring (bicyclic) bond motifs is 2. The molecule has 0 bridgehead atoms. The summed E-state index contributed by atoms with van der Waals surface area (Å²) < 4.78 is 6.71. The van der Waals surface area contributed by atoms with Crippen LogP contribution in [0, 0.1) is 0 Å². The van der Waals surface area contributed by atoms with E-state index < -0.39 is 0 Å². The molecule has 0 radical (unpaired) electrons. The van der Waals surface area contributed by atoms with E-state index in [-0.39, 0.29) is 6.04 Å². The van der Waals surface area contributed by atoms with Gasteiger partial charge in [-0.2, -0.15) is 0 Å². The third-order valence-electron chi connectivity index (χ3n) is 8.93. The summed E-state index contributed by atoms with van der Waals surface area (Å²) in [7, 11) is 0. The van der Waals surface area contributed by atoms with Gasteiger partial charge < -0.3 is 10.1 Å². The fourth-order valence-corrected chi connectivity index (χ4v) is 6.55. The Morgan fingerprint density at radius 2 is 1.37 bits per heavy atom. The van der Waals surface area contributed by atoms with Crippen molar-refractivity contribution < 1.29 is 4.74 Å². The van der Waals surface area contributed by atoms with Gasteiger partial charge in [0, 0.05) is 11.1 Å². The fraction of sp³-hybridized carbons (Fsp3) is 0.130. The molecule has 1 unspecified atom stereocenters. The number of rotatable bonds is 6. The first-order chi connectivity index (χ1) is 24.1. The van der Waals surface area contributed by atoms with Gasteiger partial charge in [-0.25, -0.2) is 0 Å². The van der Waals surface area contributed by atoms with E-state index in [1.165, 1.54) is 11.1 Å². The van der Waals surface area contributed by atoms with Crippen molar-refractivity contribution in [1.82, 2.24) is 10.2 Å². The lowest BCUT2D eigenvalue weighted by Crippen LogP contribution is -2.34. The number of hydrogen-bond donors (Lipinski definition) is 1. The predicted octanol–water partition coefficient (Wildman–Crippen LogP) is 12.1. The van der Waals surface area contributed by atoms with Crippen LogP contribution < -0.4 is 10.1 Å². The molecule has 7 rings (SSSR count). The van der Waals surface area contributed by atoms with Crippen LogP contribution in [-0.4, -0.2) is 4.90 Å². The van der Waals surface area contributed by atoms with Gasteiger partial charge in [0.05, 0.1) is 17.4 Å². The fourth-order valence-electron chi connectivity index (χ4n) is 6.55. The monoisotopic (exact) mass is 640 g/mol. The average Bonchev–Trinajstić information content (AvgIpc) is 3.18. The van der Waals surface area contributed by atoms with Crippen molar-refractivity contribution in [1.29, 1.82) is 0 Å². The lowest BCUT2D eigenvalue weighted by Gasteiger charge is -2.39. The first kappa shape index (κ1) is 33.1. The molecule has 0 saturated heterocycles. The predicted molar refractivity (Wildman–Crippen MR) is 207 cm³/mol. The quantitative estimate of drug-likeness (QED) is 0.200. The van der Waals surface area contributed by atoms with Gasteiger partial charge in [0.25, 0.3) is 0 Å². The van der Waals surface area contributed by atoms with Gasteiger partial charge in [-0.15, -0.1) is 0 Å². The van der Waals surface area contributed by atoms with E-state index in [2.05, 4.69) is 151 Å². The highest BCUT2D eigenvalue weighted by Gasteiger charge is 2.30. The Kier molecular flexibility index (Phi) is 10.4. The van der Waals surface area contributed by atoms with E-state index in [9.17, 15) is 0 Å². The second-order valence-corrected chi connectivity index (χ2v) is 11.8. The van der Waals surface area contributed by atoms with E-state index >= 15 is 0 Å². The minimum atomic E-state index is -0.0668. The molecule has 3 nitrogen and oxygen atoms in total. The minimum Gasteiger partial charge on any atom is -0.456 e. The van der Waals surface area contributed by atoms with Gasteiger partial charge >= 0.3 is 0 Å². The van der Waals surface area contributed by atoms with Gasteiger partial charge in [0.15, 0.2) is 0 Å². The van der Waals surface area contributed by atoms with Crippen molar-refractivity contribution in [2.24, 2.45) is 0 Å². The summed E-state index contributed by atoms with van der Waals surface area (Å²) in [6.45, 7) is 15.3. The van der Waals surface area contributed by atoms with Gasteiger partial charge in [-0.3, -0.25) is 4.90 Å². The van der Waals surface area contributed by atoms with Crippen LogP contribution in [0.3, 0.4) is 0 Å². The van der Waals surface area contributed by atoms with Crippen LogP contribution in [0.2, 0.25) is 0 Å². The number of nitrogens with zero attached hydrogens (tertiary/aromatic N) is 1. The van der Waals surface area contributed by atoms with Crippen molar-refractivity contribution in [3.05, 3.63) is 204 Å². The summed E-state index contributed by atoms with van der Waals surface area (Å²) in [6.07, 6.45) is 8.07. The standard InChI is InChI=1S/C44H38N2O.C2H6/c1-4-32-18-12-14-25-39(32)44-33(5-2)28-36-23-13-16-26-41(36)47-42-27-17-15-24-38(42)31(3)46(44)43-30-37(34-19-8-6-9-20-34)29-40(45-43)35-21-10-7-11-22-35;1-2/h4,6-27,29-30,40,45H,1,3,5,28H2,2H3;1-2H3/b44-33-;. The molecule has 2 aliphatic rings. The van der Waals surface area contributed by atoms with Gasteiger partial charge in [-0.1, -0.05) is 155 Å². The zero-order chi connectivity index (χ0) is 34.2. The molecule has 5 aromatic rings. The van der Waals surface area contributed by atoms with Crippen LogP contribution in [0.5, 0.6) is 11.5 Å². The second-order valence-electron chi connectivity index (χ2n) is 11.8. The Labute approximate surface area is 291 Å². The maximum atomic E-state index is 6.71. The molecule has 0 fully saturated rings. The molecule has 0 amide bonds. The summed E-state index contributed by atoms with van der Waals surface area (Å²) in [5.41, 5.74) is 10.9. The normalized spacial score (nSPS) is 17.1. The Hall–Kier alpha value is -5.80. The molecule has 0 aromatic heterocycles. The maximum absolute atomic E-state index is 6.71. The third kappa shape index (κ3) is 6.93. The first-order valence-electron chi connectivity index (χ1n) is 17.2. The third-order valence-corrected chi connectivity index (χ3v) is 8.93. The smallest absolute Gasteiger partial charge is 0.136 e. The second kappa shape index (κ2) is 15.4. The van der Waals surface area contributed by atoms with E-state index in [1.807, 2.05) is 38.1 Å². The molecule has 2 aliphatic heterocycles. The molecule has 5 aromatic carbocycles. The SMILES string of the molecule is C=Cc1ccccc1/C1=C(\CC)Cc2ccccc2Oc2ccccc2C(=C)N1C1=CC(c2ccccc2)=CC(c2ccccc2)N1.CC. The highest BCUT2D eigenvalue weighted by Crippen LogP contribution is 2.44. The largest absolute Gasteiger partial charge is 0.456 e. The molecular weight excluding hydrogens is 597 g/mol. The van der Waals surface area contributed by atoms with Crippen LogP contribution >= 0.6 is 0 Å². The summed E-state index contributed by atoms with van der Waals surface area (Å²) in [5.74, 6) is 2.56. The molecular formula is C46H44N2O. The van der Waals surface area contributed by atoms with E-state index in [4.69, 9.17) is 11.3 Å². The first-order valence-corrected chi connectivity index (χ1v) is 17.2. The molecule has 3 heteroatoms. The topological polar surface area (TPSA) is 24.5 Å². The number of dihydropyridines is 1. The lowest BCUT2D eigenvalue weighted by atomic mass is 9.91. The number of benzene rings is 5. The average molecular weight is 641 g/mol. The highest BCUT2D eigenvalue weighted by molar-refractivity contribution is 5.86. The molecule has 1 atom stereocenters. The van der Waals surface area contributed by atoms with Crippen molar-refractivity contribution in [2.45, 2.75) is 39.7 Å². The van der Waals surface area contributed by atoms with Gasteiger partial charge in [-0.05, 0) is 76.6 Å². The van der Waals surface area contributed by atoms with Crippen molar-refractivity contribution in [3.8, 4) is 11.5 Å². The van der Waals surface area contributed by atoms with Crippen LogP contribution in [0.4, 0.5) is 0 Å². The van der Waals surface area contributed by atoms with Crippen molar-refractivity contribution in [2.75, 3.05) is 0 Å². The molecule has 2 heterocycles. The number of hydrogen-bond acceptors (Lipinski definition) is 3. The van der Waals surface area contributed by atoms with Crippen LogP contribution in [0.25, 0.3) is 23.0 Å². The number of para-hydroxylation sites is 2. The number of nitrogens with one attached hydrogen (secondary N) is 1. The highest BCUT2D eigenvalue weighted by atomic mass is 16.5. The van der Waals surface area contributed by atoms with Gasteiger partial charge in [0.1, 0.15) is 17.3 Å². The lowest BCUT2D eigenvalue weighted by molar-refractivity contribution is 0.470. The summed E-state index contributed by atoms with van der Waals surface area (Å²) in [5, 5.41) is 3.93. The van der Waals surface area contributed by atoms with E-state index in [1.54, 1.807) is 0 Å². The molecule has 1 N–H and O–H groups in total. The summed E-state index contributed by atoms with van der Waals surface area (Å²) >= 11 is 0. The summed E-state index contributed by atoms with van der Waals surface area (Å²) in [4.78, 5) is 2.32.